The number of pyridine rings is 1. The second-order valence-electron chi connectivity index (χ2n) is 5.73. The van der Waals surface area contributed by atoms with Crippen LogP contribution in [0.3, 0.4) is 0 Å². The SMILES string of the molecule is Cc1noc(C(C)C)c1C(=O)NCc1cccnc1N(C)C. The summed E-state index contributed by atoms with van der Waals surface area (Å²) in [6.07, 6.45) is 1.74. The van der Waals surface area contributed by atoms with Crippen LogP contribution >= 0.6 is 0 Å². The van der Waals surface area contributed by atoms with E-state index in [0.29, 0.717) is 23.6 Å². The first-order chi connectivity index (χ1) is 10.4. The molecule has 0 bridgehead atoms. The number of hydrogen-bond acceptors (Lipinski definition) is 5. The van der Waals surface area contributed by atoms with E-state index in [9.17, 15) is 4.79 Å². The fourth-order valence-electron chi connectivity index (χ4n) is 2.29. The zero-order valence-electron chi connectivity index (χ0n) is 13.7. The molecule has 2 heterocycles. The van der Waals surface area contributed by atoms with Gasteiger partial charge in [-0.2, -0.15) is 0 Å². The Morgan fingerprint density at radius 1 is 1.41 bits per heavy atom. The van der Waals surface area contributed by atoms with E-state index in [1.165, 1.54) is 0 Å². The van der Waals surface area contributed by atoms with Crippen molar-refractivity contribution in [3.63, 3.8) is 0 Å². The van der Waals surface area contributed by atoms with Crippen molar-refractivity contribution in [2.45, 2.75) is 33.2 Å². The average molecular weight is 302 g/mol. The summed E-state index contributed by atoms with van der Waals surface area (Å²) in [6.45, 7) is 6.13. The Hall–Kier alpha value is -2.37. The van der Waals surface area contributed by atoms with Gasteiger partial charge in [0.05, 0.1) is 5.69 Å². The number of carbonyl (C=O) groups excluding carboxylic acids is 1. The normalized spacial score (nSPS) is 10.8. The van der Waals surface area contributed by atoms with Gasteiger partial charge in [-0.3, -0.25) is 4.79 Å². The van der Waals surface area contributed by atoms with Crippen molar-refractivity contribution < 1.29 is 9.32 Å². The molecule has 22 heavy (non-hydrogen) atoms. The van der Waals surface area contributed by atoms with Gasteiger partial charge in [-0.1, -0.05) is 25.1 Å². The third kappa shape index (κ3) is 3.27. The Morgan fingerprint density at radius 3 is 2.77 bits per heavy atom. The van der Waals surface area contributed by atoms with Crippen molar-refractivity contribution in [3.05, 3.63) is 40.9 Å². The Bertz CT molecular complexity index is 662. The molecule has 0 aliphatic rings. The van der Waals surface area contributed by atoms with Crippen LogP contribution in [0.2, 0.25) is 0 Å². The number of rotatable bonds is 5. The summed E-state index contributed by atoms with van der Waals surface area (Å²) in [5.41, 5.74) is 2.10. The molecule has 0 fully saturated rings. The minimum absolute atomic E-state index is 0.109. The largest absolute Gasteiger partial charge is 0.362 e. The van der Waals surface area contributed by atoms with E-state index in [-0.39, 0.29) is 11.8 Å². The second kappa shape index (κ2) is 6.60. The van der Waals surface area contributed by atoms with E-state index >= 15 is 0 Å². The number of nitrogens with zero attached hydrogens (tertiary/aromatic N) is 3. The van der Waals surface area contributed by atoms with Crippen molar-refractivity contribution in [2.24, 2.45) is 0 Å². The molecule has 0 aliphatic heterocycles. The van der Waals surface area contributed by atoms with Gasteiger partial charge in [0.1, 0.15) is 11.4 Å². The van der Waals surface area contributed by atoms with Crippen LogP contribution in [-0.4, -0.2) is 30.1 Å². The average Bonchev–Trinajstić information content (AvgIpc) is 2.87. The van der Waals surface area contributed by atoms with Gasteiger partial charge in [0.15, 0.2) is 5.76 Å². The lowest BCUT2D eigenvalue weighted by atomic mass is 10.0. The molecule has 118 valence electrons. The van der Waals surface area contributed by atoms with E-state index in [1.807, 2.05) is 45.0 Å². The molecule has 0 aromatic carbocycles. The monoisotopic (exact) mass is 302 g/mol. The molecule has 0 spiro atoms. The minimum atomic E-state index is -0.170. The summed E-state index contributed by atoms with van der Waals surface area (Å²) in [4.78, 5) is 18.7. The molecular weight excluding hydrogens is 280 g/mol. The molecule has 0 aliphatic carbocycles. The highest BCUT2D eigenvalue weighted by Gasteiger charge is 2.22. The molecule has 0 saturated carbocycles. The lowest BCUT2D eigenvalue weighted by Crippen LogP contribution is -2.25. The highest BCUT2D eigenvalue weighted by molar-refractivity contribution is 5.96. The topological polar surface area (TPSA) is 71.3 Å². The summed E-state index contributed by atoms with van der Waals surface area (Å²) in [5.74, 6) is 1.40. The van der Waals surface area contributed by atoms with Crippen LogP contribution in [0.15, 0.2) is 22.9 Å². The molecule has 2 aromatic heterocycles. The molecule has 1 amide bonds. The van der Waals surface area contributed by atoms with Gasteiger partial charge >= 0.3 is 0 Å². The Morgan fingerprint density at radius 2 is 2.14 bits per heavy atom. The first-order valence-corrected chi connectivity index (χ1v) is 7.27. The number of hydrogen-bond donors (Lipinski definition) is 1. The summed E-state index contributed by atoms with van der Waals surface area (Å²) in [6, 6.07) is 3.81. The minimum Gasteiger partial charge on any atom is -0.362 e. The highest BCUT2D eigenvalue weighted by Crippen LogP contribution is 2.22. The van der Waals surface area contributed by atoms with Crippen molar-refractivity contribution in [2.75, 3.05) is 19.0 Å². The lowest BCUT2D eigenvalue weighted by Gasteiger charge is -2.16. The van der Waals surface area contributed by atoms with Gasteiger partial charge in [-0.05, 0) is 13.0 Å². The number of aromatic nitrogens is 2. The van der Waals surface area contributed by atoms with Gasteiger partial charge in [0.2, 0.25) is 0 Å². The smallest absolute Gasteiger partial charge is 0.257 e. The number of carbonyl (C=O) groups is 1. The Labute approximate surface area is 130 Å². The van der Waals surface area contributed by atoms with Crippen LogP contribution in [0.5, 0.6) is 0 Å². The number of amides is 1. The van der Waals surface area contributed by atoms with E-state index in [0.717, 1.165) is 11.4 Å². The molecule has 0 unspecified atom stereocenters. The number of nitrogens with one attached hydrogen (secondary N) is 1. The maximum Gasteiger partial charge on any atom is 0.257 e. The van der Waals surface area contributed by atoms with E-state index in [2.05, 4.69) is 15.5 Å². The van der Waals surface area contributed by atoms with Crippen molar-refractivity contribution in [1.29, 1.82) is 0 Å². The fourth-order valence-corrected chi connectivity index (χ4v) is 2.29. The number of anilines is 1. The van der Waals surface area contributed by atoms with E-state index in [4.69, 9.17) is 4.52 Å². The van der Waals surface area contributed by atoms with Gasteiger partial charge < -0.3 is 14.7 Å². The predicted molar refractivity (Wildman–Crippen MR) is 85.1 cm³/mol. The summed E-state index contributed by atoms with van der Waals surface area (Å²) < 4.78 is 5.26. The van der Waals surface area contributed by atoms with Crippen LogP contribution in [0.25, 0.3) is 0 Å². The van der Waals surface area contributed by atoms with Crippen LogP contribution in [0.1, 0.15) is 47.1 Å². The highest BCUT2D eigenvalue weighted by atomic mass is 16.5. The summed E-state index contributed by atoms with van der Waals surface area (Å²) in [7, 11) is 3.85. The summed E-state index contributed by atoms with van der Waals surface area (Å²) >= 11 is 0. The van der Waals surface area contributed by atoms with Crippen molar-refractivity contribution >= 4 is 11.7 Å². The molecule has 6 heteroatoms. The fraction of sp³-hybridized carbons (Fsp3) is 0.438. The molecule has 1 N–H and O–H groups in total. The number of aryl methyl sites for hydroxylation is 1. The second-order valence-corrected chi connectivity index (χ2v) is 5.73. The standard InChI is InChI=1S/C16H22N4O2/c1-10(2)14-13(11(3)19-22-14)16(21)18-9-12-7-6-8-17-15(12)20(4)5/h6-8,10H,9H2,1-5H3,(H,18,21). The first-order valence-electron chi connectivity index (χ1n) is 7.27. The molecule has 0 atom stereocenters. The maximum atomic E-state index is 12.5. The first kappa shape index (κ1) is 16.0. The van der Waals surface area contributed by atoms with E-state index in [1.54, 1.807) is 13.1 Å². The van der Waals surface area contributed by atoms with E-state index < -0.39 is 0 Å². The van der Waals surface area contributed by atoms with Gasteiger partial charge in [0, 0.05) is 38.3 Å². The van der Waals surface area contributed by atoms with Crippen LogP contribution in [0, 0.1) is 6.92 Å². The Kier molecular flexibility index (Phi) is 4.80. The predicted octanol–water partition coefficient (Wildman–Crippen LogP) is 2.50. The molecular formula is C16H22N4O2. The van der Waals surface area contributed by atoms with Crippen molar-refractivity contribution in [3.8, 4) is 0 Å². The third-order valence-electron chi connectivity index (χ3n) is 3.37. The van der Waals surface area contributed by atoms with Gasteiger partial charge in [-0.15, -0.1) is 0 Å². The Balaban J connectivity index is 2.16. The van der Waals surface area contributed by atoms with Crippen molar-refractivity contribution in [1.82, 2.24) is 15.5 Å². The lowest BCUT2D eigenvalue weighted by molar-refractivity contribution is 0.0948. The molecule has 6 nitrogen and oxygen atoms in total. The van der Waals surface area contributed by atoms with Gasteiger partial charge in [0.25, 0.3) is 5.91 Å². The molecule has 0 saturated heterocycles. The van der Waals surface area contributed by atoms with Gasteiger partial charge in [-0.25, -0.2) is 4.98 Å². The molecule has 2 aromatic rings. The zero-order valence-corrected chi connectivity index (χ0v) is 13.7. The van der Waals surface area contributed by atoms with Crippen LogP contribution in [-0.2, 0) is 6.54 Å². The third-order valence-corrected chi connectivity index (χ3v) is 3.37. The zero-order chi connectivity index (χ0) is 16.3. The van der Waals surface area contributed by atoms with Crippen LogP contribution in [0.4, 0.5) is 5.82 Å². The maximum absolute atomic E-state index is 12.5. The molecule has 2 rings (SSSR count). The van der Waals surface area contributed by atoms with Crippen LogP contribution < -0.4 is 10.2 Å². The molecule has 0 radical (unpaired) electrons. The summed E-state index contributed by atoms with van der Waals surface area (Å²) in [5, 5.41) is 6.83. The quantitative estimate of drug-likeness (QED) is 0.919.